The van der Waals surface area contributed by atoms with Crippen LogP contribution in [0.5, 0.6) is 0 Å². The minimum atomic E-state index is -0.455. The normalized spacial score (nSPS) is 12.2. The van der Waals surface area contributed by atoms with Gasteiger partial charge in [-0.3, -0.25) is 9.48 Å². The van der Waals surface area contributed by atoms with E-state index in [2.05, 4.69) is 15.7 Å². The molecule has 0 saturated carbocycles. The molecule has 0 aliphatic heterocycles. The number of aryl methyl sites for hydroxylation is 2. The number of hydrogen-bond donors (Lipinski definition) is 2. The largest absolute Gasteiger partial charge is 0.324 e. The van der Waals surface area contributed by atoms with Gasteiger partial charge in [-0.2, -0.15) is 5.10 Å². The van der Waals surface area contributed by atoms with Gasteiger partial charge in [0.15, 0.2) is 0 Å². The van der Waals surface area contributed by atoms with Gasteiger partial charge in [0.05, 0.1) is 6.20 Å². The third-order valence-corrected chi connectivity index (χ3v) is 3.46. The zero-order chi connectivity index (χ0) is 14.7. The molecule has 1 atom stereocenters. The summed E-state index contributed by atoms with van der Waals surface area (Å²) in [7, 11) is 3.55. The number of hydrogen-bond acceptors (Lipinski definition) is 3. The summed E-state index contributed by atoms with van der Waals surface area (Å²) < 4.78 is 1.66. The van der Waals surface area contributed by atoms with Gasteiger partial charge in [0, 0.05) is 29.5 Å². The van der Waals surface area contributed by atoms with Crippen molar-refractivity contribution >= 4 is 23.2 Å². The standard InChI is InChI=1S/C14H17ClN4O/c1-9-4-5-11(6-12(9)15)18-14(20)13(16-2)10-7-17-19(3)8-10/h4-8,13,16H,1-3H3,(H,18,20). The van der Waals surface area contributed by atoms with Crippen molar-refractivity contribution in [1.82, 2.24) is 15.1 Å². The van der Waals surface area contributed by atoms with Gasteiger partial charge in [-0.25, -0.2) is 0 Å². The summed E-state index contributed by atoms with van der Waals surface area (Å²) in [5.41, 5.74) is 2.46. The van der Waals surface area contributed by atoms with E-state index in [4.69, 9.17) is 11.6 Å². The Morgan fingerprint density at radius 3 is 2.75 bits per heavy atom. The van der Waals surface area contributed by atoms with Crippen molar-refractivity contribution in [3.63, 3.8) is 0 Å². The Balaban J connectivity index is 2.15. The van der Waals surface area contributed by atoms with Crippen molar-refractivity contribution in [1.29, 1.82) is 0 Å². The average Bonchev–Trinajstić information content (AvgIpc) is 2.81. The zero-order valence-electron chi connectivity index (χ0n) is 11.6. The van der Waals surface area contributed by atoms with E-state index < -0.39 is 6.04 Å². The van der Waals surface area contributed by atoms with E-state index in [1.54, 1.807) is 24.0 Å². The lowest BCUT2D eigenvalue weighted by Crippen LogP contribution is -2.30. The highest BCUT2D eigenvalue weighted by Crippen LogP contribution is 2.21. The molecule has 1 aromatic heterocycles. The molecule has 0 aliphatic rings. The van der Waals surface area contributed by atoms with Crippen LogP contribution in [-0.4, -0.2) is 22.7 Å². The first-order valence-corrected chi connectivity index (χ1v) is 6.62. The number of carbonyl (C=O) groups is 1. The van der Waals surface area contributed by atoms with Gasteiger partial charge in [-0.05, 0) is 31.7 Å². The monoisotopic (exact) mass is 292 g/mol. The van der Waals surface area contributed by atoms with Crippen LogP contribution in [0.4, 0.5) is 5.69 Å². The first kappa shape index (κ1) is 14.6. The van der Waals surface area contributed by atoms with Crippen LogP contribution in [0.1, 0.15) is 17.2 Å². The molecule has 106 valence electrons. The molecule has 1 heterocycles. The Bertz CT molecular complexity index is 623. The molecule has 0 fully saturated rings. The first-order chi connectivity index (χ1) is 9.51. The molecule has 1 amide bonds. The van der Waals surface area contributed by atoms with E-state index in [9.17, 15) is 4.79 Å². The molecule has 1 unspecified atom stereocenters. The average molecular weight is 293 g/mol. The first-order valence-electron chi connectivity index (χ1n) is 6.24. The molecule has 1 aromatic carbocycles. The fourth-order valence-electron chi connectivity index (χ4n) is 1.92. The Morgan fingerprint density at radius 1 is 1.45 bits per heavy atom. The second kappa shape index (κ2) is 6.07. The molecule has 0 saturated heterocycles. The van der Waals surface area contributed by atoms with E-state index in [-0.39, 0.29) is 5.91 Å². The maximum atomic E-state index is 12.3. The number of likely N-dealkylation sites (N-methyl/N-ethyl adjacent to an activating group) is 1. The van der Waals surface area contributed by atoms with Crippen LogP contribution in [0.3, 0.4) is 0 Å². The Labute approximate surface area is 122 Å². The predicted octanol–water partition coefficient (Wildman–Crippen LogP) is 2.28. The number of anilines is 1. The number of rotatable bonds is 4. The number of benzene rings is 1. The molecule has 2 N–H and O–H groups in total. The lowest BCUT2D eigenvalue weighted by molar-refractivity contribution is -0.118. The predicted molar refractivity (Wildman–Crippen MR) is 79.8 cm³/mol. The highest BCUT2D eigenvalue weighted by molar-refractivity contribution is 6.31. The third-order valence-electron chi connectivity index (χ3n) is 3.05. The summed E-state index contributed by atoms with van der Waals surface area (Å²) in [5, 5.41) is 10.5. The summed E-state index contributed by atoms with van der Waals surface area (Å²) >= 11 is 6.05. The van der Waals surface area contributed by atoms with Crippen LogP contribution in [0, 0.1) is 6.92 Å². The van der Waals surface area contributed by atoms with Crippen molar-refractivity contribution in [2.24, 2.45) is 7.05 Å². The van der Waals surface area contributed by atoms with Crippen LogP contribution in [-0.2, 0) is 11.8 Å². The summed E-state index contributed by atoms with van der Waals surface area (Å²) in [6.45, 7) is 1.92. The maximum absolute atomic E-state index is 12.3. The van der Waals surface area contributed by atoms with Crippen LogP contribution < -0.4 is 10.6 Å². The number of nitrogens with one attached hydrogen (secondary N) is 2. The molecule has 0 spiro atoms. The lowest BCUT2D eigenvalue weighted by atomic mass is 10.1. The second-order valence-electron chi connectivity index (χ2n) is 4.62. The molecule has 2 rings (SSSR count). The minimum Gasteiger partial charge on any atom is -0.324 e. The third kappa shape index (κ3) is 3.18. The topological polar surface area (TPSA) is 59.0 Å². The van der Waals surface area contributed by atoms with Gasteiger partial charge in [0.2, 0.25) is 5.91 Å². The Morgan fingerprint density at radius 2 is 2.20 bits per heavy atom. The van der Waals surface area contributed by atoms with Crippen LogP contribution in [0.25, 0.3) is 0 Å². The van der Waals surface area contributed by atoms with E-state index >= 15 is 0 Å². The van der Waals surface area contributed by atoms with Gasteiger partial charge in [-0.1, -0.05) is 17.7 Å². The fourth-order valence-corrected chi connectivity index (χ4v) is 2.10. The summed E-state index contributed by atoms with van der Waals surface area (Å²) in [5.74, 6) is -0.152. The highest BCUT2D eigenvalue weighted by atomic mass is 35.5. The number of aromatic nitrogens is 2. The van der Waals surface area contributed by atoms with Crippen molar-refractivity contribution in [3.8, 4) is 0 Å². The van der Waals surface area contributed by atoms with Gasteiger partial charge in [0.25, 0.3) is 0 Å². The number of carbonyl (C=O) groups excluding carboxylic acids is 1. The Kier molecular flexibility index (Phi) is 4.42. The summed E-state index contributed by atoms with van der Waals surface area (Å²) in [6.07, 6.45) is 3.48. The highest BCUT2D eigenvalue weighted by Gasteiger charge is 2.20. The van der Waals surface area contributed by atoms with Gasteiger partial charge in [0.1, 0.15) is 6.04 Å². The van der Waals surface area contributed by atoms with E-state index in [0.717, 1.165) is 11.1 Å². The summed E-state index contributed by atoms with van der Waals surface area (Å²) in [6, 6.07) is 4.99. The summed E-state index contributed by atoms with van der Waals surface area (Å²) in [4.78, 5) is 12.3. The molecule has 2 aromatic rings. The smallest absolute Gasteiger partial charge is 0.246 e. The van der Waals surface area contributed by atoms with Crippen molar-refractivity contribution in [3.05, 3.63) is 46.7 Å². The van der Waals surface area contributed by atoms with Crippen LogP contribution in [0.15, 0.2) is 30.6 Å². The zero-order valence-corrected chi connectivity index (χ0v) is 12.4. The van der Waals surface area contributed by atoms with E-state index in [1.165, 1.54) is 0 Å². The second-order valence-corrected chi connectivity index (χ2v) is 5.03. The maximum Gasteiger partial charge on any atom is 0.246 e. The molecule has 0 radical (unpaired) electrons. The van der Waals surface area contributed by atoms with E-state index in [1.807, 2.05) is 32.3 Å². The molecular formula is C14H17ClN4O. The van der Waals surface area contributed by atoms with Gasteiger partial charge >= 0.3 is 0 Å². The molecule has 0 bridgehead atoms. The quantitative estimate of drug-likeness (QED) is 0.909. The molecule has 5 nitrogen and oxygen atoms in total. The van der Waals surface area contributed by atoms with Crippen molar-refractivity contribution in [2.45, 2.75) is 13.0 Å². The van der Waals surface area contributed by atoms with Crippen molar-refractivity contribution < 1.29 is 4.79 Å². The minimum absolute atomic E-state index is 0.152. The number of nitrogens with zero attached hydrogens (tertiary/aromatic N) is 2. The molecule has 20 heavy (non-hydrogen) atoms. The van der Waals surface area contributed by atoms with Crippen LogP contribution in [0.2, 0.25) is 5.02 Å². The van der Waals surface area contributed by atoms with E-state index in [0.29, 0.717) is 10.7 Å². The van der Waals surface area contributed by atoms with Crippen molar-refractivity contribution in [2.75, 3.05) is 12.4 Å². The van der Waals surface area contributed by atoms with Gasteiger partial charge < -0.3 is 10.6 Å². The van der Waals surface area contributed by atoms with Gasteiger partial charge in [-0.15, -0.1) is 0 Å². The number of halogens is 1. The fraction of sp³-hybridized carbons (Fsp3) is 0.286. The number of amides is 1. The molecule has 6 heteroatoms. The Hall–Kier alpha value is -1.85. The molecular weight excluding hydrogens is 276 g/mol. The van der Waals surface area contributed by atoms with Crippen LogP contribution >= 0.6 is 11.6 Å². The molecule has 0 aliphatic carbocycles. The lowest BCUT2D eigenvalue weighted by Gasteiger charge is -2.15. The SMILES string of the molecule is CNC(C(=O)Nc1ccc(C)c(Cl)c1)c1cnn(C)c1.